The first-order valence-electron chi connectivity index (χ1n) is 7.13. The third-order valence-electron chi connectivity index (χ3n) is 3.02. The Kier molecular flexibility index (Phi) is 5.35. The Labute approximate surface area is 139 Å². The summed E-state index contributed by atoms with van der Waals surface area (Å²) in [6, 6.07) is 4.37. The Balaban J connectivity index is 2.43. The highest BCUT2D eigenvalue weighted by atomic mass is 35.5. The molecule has 0 bridgehead atoms. The molecule has 0 amide bonds. The van der Waals surface area contributed by atoms with Gasteiger partial charge in [-0.15, -0.1) is 0 Å². The maximum absolute atomic E-state index is 14.2. The van der Waals surface area contributed by atoms with Crippen LogP contribution in [0.2, 0.25) is 5.02 Å². The van der Waals surface area contributed by atoms with Gasteiger partial charge >= 0.3 is 0 Å². The van der Waals surface area contributed by atoms with Gasteiger partial charge in [-0.1, -0.05) is 18.5 Å². The predicted molar refractivity (Wildman–Crippen MR) is 86.6 cm³/mol. The van der Waals surface area contributed by atoms with E-state index in [1.165, 1.54) is 12.4 Å². The van der Waals surface area contributed by atoms with E-state index >= 15 is 0 Å². The minimum Gasteiger partial charge on any atom is -0.475 e. The second-order valence-corrected chi connectivity index (χ2v) is 5.49. The molecule has 5 nitrogen and oxygen atoms in total. The number of nitriles is 1. The number of aromatic nitrogens is 2. The third kappa shape index (κ3) is 3.88. The molecule has 1 aromatic heterocycles. The average molecular weight is 335 g/mol. The van der Waals surface area contributed by atoms with Crippen LogP contribution in [0.15, 0.2) is 18.5 Å². The Morgan fingerprint density at radius 1 is 1.39 bits per heavy atom. The summed E-state index contributed by atoms with van der Waals surface area (Å²) < 4.78 is 19.8. The van der Waals surface area contributed by atoms with Crippen molar-refractivity contribution in [2.45, 2.75) is 33.3 Å². The van der Waals surface area contributed by atoms with E-state index < -0.39 is 5.82 Å². The monoisotopic (exact) mass is 334 g/mol. The van der Waals surface area contributed by atoms with Gasteiger partial charge < -0.3 is 10.1 Å². The normalized spacial score (nSPS) is 10.5. The van der Waals surface area contributed by atoms with Gasteiger partial charge in [0.2, 0.25) is 5.88 Å². The van der Waals surface area contributed by atoms with E-state index in [4.69, 9.17) is 21.6 Å². The smallest absolute Gasteiger partial charge is 0.222 e. The fourth-order valence-corrected chi connectivity index (χ4v) is 2.28. The summed E-state index contributed by atoms with van der Waals surface area (Å²) in [4.78, 5) is 8.27. The standard InChI is InChI=1S/C16H16ClFN4O/c1-4-11-15(20-8-21-16(11)23-9(2)3)22-14-12(17)5-10(7-19)6-13(14)18/h5-6,8-9H,4H2,1-3H3,(H,20,21,22). The molecule has 2 rings (SSSR count). The molecule has 0 aliphatic carbocycles. The van der Waals surface area contributed by atoms with E-state index in [0.717, 1.165) is 11.6 Å². The highest BCUT2D eigenvalue weighted by molar-refractivity contribution is 6.33. The van der Waals surface area contributed by atoms with Gasteiger partial charge in [-0.05, 0) is 32.4 Å². The van der Waals surface area contributed by atoms with Crippen molar-refractivity contribution in [1.29, 1.82) is 5.26 Å². The number of hydrogen-bond donors (Lipinski definition) is 1. The Morgan fingerprint density at radius 3 is 2.70 bits per heavy atom. The maximum Gasteiger partial charge on any atom is 0.222 e. The second kappa shape index (κ2) is 7.25. The topological polar surface area (TPSA) is 70.8 Å². The van der Waals surface area contributed by atoms with Crippen molar-refractivity contribution in [2.75, 3.05) is 5.32 Å². The molecule has 1 N–H and O–H groups in total. The Morgan fingerprint density at radius 2 is 2.13 bits per heavy atom. The van der Waals surface area contributed by atoms with E-state index in [9.17, 15) is 4.39 Å². The minimum atomic E-state index is -0.624. The van der Waals surface area contributed by atoms with Crippen LogP contribution in [0.3, 0.4) is 0 Å². The highest BCUT2D eigenvalue weighted by Gasteiger charge is 2.16. The number of rotatable bonds is 5. The van der Waals surface area contributed by atoms with E-state index in [-0.39, 0.29) is 22.4 Å². The minimum absolute atomic E-state index is 0.0433. The van der Waals surface area contributed by atoms with Crippen molar-refractivity contribution < 1.29 is 9.13 Å². The summed E-state index contributed by atoms with van der Waals surface area (Å²) in [7, 11) is 0. The molecule has 0 unspecified atom stereocenters. The van der Waals surface area contributed by atoms with Crippen LogP contribution in [0.4, 0.5) is 15.9 Å². The van der Waals surface area contributed by atoms with E-state index in [2.05, 4.69) is 15.3 Å². The second-order valence-electron chi connectivity index (χ2n) is 5.08. The van der Waals surface area contributed by atoms with Gasteiger partial charge in [0.1, 0.15) is 18.0 Å². The lowest BCUT2D eigenvalue weighted by atomic mass is 10.2. The fraction of sp³-hybridized carbons (Fsp3) is 0.312. The predicted octanol–water partition coefficient (Wildman–Crippen LogP) is 4.23. The molecule has 0 atom stereocenters. The molecule has 0 saturated carbocycles. The SMILES string of the molecule is CCc1c(Nc2c(F)cc(C#N)cc2Cl)ncnc1OC(C)C. The number of anilines is 2. The summed E-state index contributed by atoms with van der Waals surface area (Å²) in [5.74, 6) is 0.245. The number of ether oxygens (including phenoxy) is 1. The largest absolute Gasteiger partial charge is 0.475 e. The Hall–Kier alpha value is -2.39. The molecule has 0 aliphatic heterocycles. The number of hydrogen-bond acceptors (Lipinski definition) is 5. The third-order valence-corrected chi connectivity index (χ3v) is 3.32. The summed E-state index contributed by atoms with van der Waals surface area (Å²) >= 11 is 6.05. The highest BCUT2D eigenvalue weighted by Crippen LogP contribution is 2.32. The zero-order valence-electron chi connectivity index (χ0n) is 13.0. The van der Waals surface area contributed by atoms with Crippen LogP contribution < -0.4 is 10.1 Å². The zero-order chi connectivity index (χ0) is 17.0. The van der Waals surface area contributed by atoms with Gasteiger partial charge in [-0.3, -0.25) is 0 Å². The van der Waals surface area contributed by atoms with Crippen LogP contribution in [0.25, 0.3) is 0 Å². The molecule has 0 saturated heterocycles. The average Bonchev–Trinajstić information content (AvgIpc) is 2.50. The molecule has 0 fully saturated rings. The van der Waals surface area contributed by atoms with Crippen LogP contribution in [-0.2, 0) is 6.42 Å². The molecule has 2 aromatic rings. The van der Waals surface area contributed by atoms with Gasteiger partial charge in [0, 0.05) is 0 Å². The van der Waals surface area contributed by atoms with E-state index in [1.54, 1.807) is 0 Å². The van der Waals surface area contributed by atoms with Crippen molar-refractivity contribution >= 4 is 23.1 Å². The van der Waals surface area contributed by atoms with Gasteiger partial charge in [-0.2, -0.15) is 5.26 Å². The molecule has 0 spiro atoms. The van der Waals surface area contributed by atoms with Gasteiger partial charge in [0.05, 0.1) is 34.0 Å². The number of halogens is 2. The van der Waals surface area contributed by atoms with E-state index in [1.807, 2.05) is 26.8 Å². The van der Waals surface area contributed by atoms with Gasteiger partial charge in [0.15, 0.2) is 0 Å². The molecule has 0 radical (unpaired) electrons. The van der Waals surface area contributed by atoms with Crippen LogP contribution in [0.5, 0.6) is 5.88 Å². The van der Waals surface area contributed by atoms with Crippen molar-refractivity contribution in [3.05, 3.63) is 40.4 Å². The lowest BCUT2D eigenvalue weighted by Gasteiger charge is -2.16. The first kappa shape index (κ1) is 17.0. The molecular formula is C16H16ClFN4O. The number of benzene rings is 1. The van der Waals surface area contributed by atoms with Crippen molar-refractivity contribution in [3.63, 3.8) is 0 Å². The summed E-state index contributed by atoms with van der Waals surface area (Å²) in [5, 5.41) is 11.8. The van der Waals surface area contributed by atoms with Gasteiger partial charge in [0.25, 0.3) is 0 Å². The van der Waals surface area contributed by atoms with E-state index in [0.29, 0.717) is 18.1 Å². The maximum atomic E-state index is 14.2. The molecular weight excluding hydrogens is 319 g/mol. The van der Waals surface area contributed by atoms with Crippen molar-refractivity contribution in [1.82, 2.24) is 9.97 Å². The molecule has 0 aliphatic rings. The summed E-state index contributed by atoms with van der Waals surface area (Å²) in [6.07, 6.45) is 1.90. The number of nitrogens with zero attached hydrogens (tertiary/aromatic N) is 3. The molecule has 1 aromatic carbocycles. The zero-order valence-corrected chi connectivity index (χ0v) is 13.8. The lowest BCUT2D eigenvalue weighted by molar-refractivity contribution is 0.230. The van der Waals surface area contributed by atoms with Crippen molar-refractivity contribution in [2.24, 2.45) is 0 Å². The Bertz CT molecular complexity index is 735. The molecule has 23 heavy (non-hydrogen) atoms. The summed E-state index contributed by atoms with van der Waals surface area (Å²) in [6.45, 7) is 5.71. The fourth-order valence-electron chi connectivity index (χ4n) is 2.02. The van der Waals surface area contributed by atoms with Crippen LogP contribution in [-0.4, -0.2) is 16.1 Å². The summed E-state index contributed by atoms with van der Waals surface area (Å²) in [5.41, 5.74) is 0.941. The number of nitrogens with one attached hydrogen (secondary N) is 1. The van der Waals surface area contributed by atoms with Crippen LogP contribution in [0.1, 0.15) is 31.9 Å². The molecule has 1 heterocycles. The first-order chi connectivity index (χ1) is 11.0. The molecule has 120 valence electrons. The lowest BCUT2D eigenvalue weighted by Crippen LogP contribution is -2.11. The van der Waals surface area contributed by atoms with Gasteiger partial charge in [-0.25, -0.2) is 14.4 Å². The first-order valence-corrected chi connectivity index (χ1v) is 7.50. The molecule has 7 heteroatoms. The van der Waals surface area contributed by atoms with Crippen molar-refractivity contribution in [3.8, 4) is 11.9 Å². The quantitative estimate of drug-likeness (QED) is 0.885. The van der Waals surface area contributed by atoms with Crippen LogP contribution in [0, 0.1) is 17.1 Å². The van der Waals surface area contributed by atoms with Crippen LogP contribution >= 0.6 is 11.6 Å².